The fraction of sp³-hybridized carbons (Fsp3) is 0.316. The van der Waals surface area contributed by atoms with Crippen LogP contribution < -0.4 is 5.32 Å². The second kappa shape index (κ2) is 8.59. The first-order valence-corrected chi connectivity index (χ1v) is 7.93. The van der Waals surface area contributed by atoms with Crippen molar-refractivity contribution in [2.45, 2.75) is 25.7 Å². The minimum Gasteiger partial charge on any atom is -0.479 e. The van der Waals surface area contributed by atoms with E-state index in [0.717, 1.165) is 16.7 Å². The van der Waals surface area contributed by atoms with Crippen LogP contribution in [0.2, 0.25) is 0 Å². The number of benzene rings is 2. The molecule has 0 fully saturated rings. The van der Waals surface area contributed by atoms with E-state index in [4.69, 9.17) is 4.74 Å². The summed E-state index contributed by atoms with van der Waals surface area (Å²) < 4.78 is 5.20. The average Bonchev–Trinajstić information content (AvgIpc) is 2.60. The maximum Gasteiger partial charge on any atom is 0.335 e. The lowest BCUT2D eigenvalue weighted by molar-refractivity contribution is -0.158. The predicted molar refractivity (Wildman–Crippen MR) is 92.7 cm³/mol. The third kappa shape index (κ3) is 4.20. The Labute approximate surface area is 141 Å². The number of aliphatic hydroxyl groups is 1. The summed E-state index contributed by atoms with van der Waals surface area (Å²) in [4.78, 5) is 11.4. The molecule has 0 spiro atoms. The van der Waals surface area contributed by atoms with Crippen LogP contribution in [0.15, 0.2) is 48.5 Å². The molecular weight excluding hydrogens is 306 g/mol. The molecule has 0 aliphatic rings. The second-order valence-corrected chi connectivity index (χ2v) is 5.47. The molecule has 2 rings (SSSR count). The number of hydrogen-bond donors (Lipinski definition) is 3. The number of aliphatic hydroxyl groups excluding tert-OH is 1. The van der Waals surface area contributed by atoms with Gasteiger partial charge in [0.25, 0.3) is 0 Å². The molecule has 5 heteroatoms. The molecule has 128 valence electrons. The normalized spacial score (nSPS) is 13.5. The Morgan fingerprint density at radius 1 is 1.17 bits per heavy atom. The third-order valence-electron chi connectivity index (χ3n) is 3.81. The van der Waals surface area contributed by atoms with E-state index in [1.807, 2.05) is 49.5 Å². The predicted octanol–water partition coefficient (Wildman–Crippen LogP) is 2.60. The van der Waals surface area contributed by atoms with Crippen LogP contribution in [0.5, 0.6) is 0 Å². The highest BCUT2D eigenvalue weighted by molar-refractivity contribution is 5.74. The van der Waals surface area contributed by atoms with E-state index in [9.17, 15) is 15.0 Å². The van der Waals surface area contributed by atoms with E-state index in [1.165, 1.54) is 0 Å². The number of rotatable bonds is 8. The Bertz CT molecular complexity index is 672. The highest BCUT2D eigenvalue weighted by Crippen LogP contribution is 2.28. The van der Waals surface area contributed by atoms with Crippen molar-refractivity contribution in [2.75, 3.05) is 13.7 Å². The van der Waals surface area contributed by atoms with Crippen molar-refractivity contribution in [2.24, 2.45) is 0 Å². The molecule has 0 aliphatic carbocycles. The molecule has 0 radical (unpaired) electrons. The molecule has 0 saturated heterocycles. The molecular formula is C19H23NO4. The largest absolute Gasteiger partial charge is 0.479 e. The summed E-state index contributed by atoms with van der Waals surface area (Å²) in [5.74, 6) is -1.17. The van der Waals surface area contributed by atoms with Crippen LogP contribution in [-0.4, -0.2) is 35.9 Å². The Morgan fingerprint density at radius 3 is 2.46 bits per heavy atom. The monoisotopic (exact) mass is 329 g/mol. The molecule has 5 nitrogen and oxygen atoms in total. The number of carboxylic acids is 1. The molecule has 0 saturated carbocycles. The minimum absolute atomic E-state index is 0.220. The van der Waals surface area contributed by atoms with Gasteiger partial charge in [0.15, 0.2) is 6.10 Å². The van der Waals surface area contributed by atoms with Gasteiger partial charge in [-0.2, -0.15) is 0 Å². The third-order valence-corrected chi connectivity index (χ3v) is 3.81. The van der Waals surface area contributed by atoms with Crippen LogP contribution in [0.4, 0.5) is 0 Å². The Morgan fingerprint density at radius 2 is 1.88 bits per heavy atom. The minimum atomic E-state index is -1.28. The SMILES string of the molecule is CCO[C@H](C(=O)O)[C@H](O)c1ccc(-c2ccccc2)cc1CNC. The number of carbonyl (C=O) groups is 1. The average molecular weight is 329 g/mol. The van der Waals surface area contributed by atoms with Gasteiger partial charge < -0.3 is 20.3 Å². The zero-order valence-corrected chi connectivity index (χ0v) is 13.9. The number of nitrogens with one attached hydrogen (secondary N) is 1. The summed E-state index contributed by atoms with van der Waals surface area (Å²) in [5, 5.41) is 22.9. The van der Waals surface area contributed by atoms with Gasteiger partial charge in [0.05, 0.1) is 0 Å². The number of carboxylic acid groups (broad SMARTS) is 1. The molecule has 2 aromatic carbocycles. The fourth-order valence-corrected chi connectivity index (χ4v) is 2.69. The van der Waals surface area contributed by atoms with E-state index in [2.05, 4.69) is 5.32 Å². The standard InChI is InChI=1S/C19H23NO4/c1-3-24-18(19(22)23)17(21)16-10-9-14(11-15(16)12-20-2)13-7-5-4-6-8-13/h4-11,17-18,20-21H,3,12H2,1-2H3,(H,22,23)/t17-,18+/m1/s1. The lowest BCUT2D eigenvalue weighted by Crippen LogP contribution is -2.32. The van der Waals surface area contributed by atoms with Crippen LogP contribution in [0.3, 0.4) is 0 Å². The number of aliphatic carboxylic acids is 1. The van der Waals surface area contributed by atoms with Crippen LogP contribution in [0, 0.1) is 0 Å². The van der Waals surface area contributed by atoms with Crippen molar-refractivity contribution in [3.05, 3.63) is 59.7 Å². The van der Waals surface area contributed by atoms with Gasteiger partial charge in [-0.25, -0.2) is 4.79 Å². The molecule has 0 bridgehead atoms. The molecule has 3 N–H and O–H groups in total. The second-order valence-electron chi connectivity index (χ2n) is 5.47. The summed E-state index contributed by atoms with van der Waals surface area (Å²) in [7, 11) is 1.81. The quantitative estimate of drug-likeness (QED) is 0.694. The van der Waals surface area contributed by atoms with Crippen molar-refractivity contribution in [1.82, 2.24) is 5.32 Å². The first-order chi connectivity index (χ1) is 11.6. The number of hydrogen-bond acceptors (Lipinski definition) is 4. The molecule has 2 atom stereocenters. The van der Waals surface area contributed by atoms with E-state index >= 15 is 0 Å². The Hall–Kier alpha value is -2.21. The maximum absolute atomic E-state index is 11.4. The van der Waals surface area contributed by atoms with Crippen LogP contribution in [0.1, 0.15) is 24.2 Å². The van der Waals surface area contributed by atoms with Gasteiger partial charge in [-0.15, -0.1) is 0 Å². The topological polar surface area (TPSA) is 78.8 Å². The lowest BCUT2D eigenvalue weighted by Gasteiger charge is -2.22. The van der Waals surface area contributed by atoms with Crippen molar-refractivity contribution in [3.8, 4) is 11.1 Å². The van der Waals surface area contributed by atoms with Gasteiger partial charge in [0.1, 0.15) is 6.10 Å². The first-order valence-electron chi connectivity index (χ1n) is 7.93. The van der Waals surface area contributed by atoms with Gasteiger partial charge in [-0.3, -0.25) is 0 Å². The van der Waals surface area contributed by atoms with Gasteiger partial charge in [-0.1, -0.05) is 42.5 Å². The molecule has 0 aromatic heterocycles. The Balaban J connectivity index is 2.40. The van der Waals surface area contributed by atoms with Crippen LogP contribution >= 0.6 is 0 Å². The highest BCUT2D eigenvalue weighted by Gasteiger charge is 2.29. The summed E-state index contributed by atoms with van der Waals surface area (Å²) in [5.41, 5.74) is 3.48. The molecule has 0 unspecified atom stereocenters. The summed E-state index contributed by atoms with van der Waals surface area (Å²) >= 11 is 0. The summed E-state index contributed by atoms with van der Waals surface area (Å²) in [6.07, 6.45) is -2.51. The van der Waals surface area contributed by atoms with Crippen LogP contribution in [-0.2, 0) is 16.1 Å². The maximum atomic E-state index is 11.4. The van der Waals surface area contributed by atoms with Gasteiger partial charge >= 0.3 is 5.97 Å². The van der Waals surface area contributed by atoms with Crippen molar-refractivity contribution in [1.29, 1.82) is 0 Å². The molecule has 2 aromatic rings. The molecule has 24 heavy (non-hydrogen) atoms. The molecule has 0 heterocycles. The zero-order valence-electron chi connectivity index (χ0n) is 13.9. The zero-order chi connectivity index (χ0) is 17.5. The van der Waals surface area contributed by atoms with Crippen molar-refractivity contribution < 1.29 is 19.7 Å². The lowest BCUT2D eigenvalue weighted by atomic mass is 9.94. The smallest absolute Gasteiger partial charge is 0.335 e. The highest BCUT2D eigenvalue weighted by atomic mass is 16.5. The van der Waals surface area contributed by atoms with Gasteiger partial charge in [0, 0.05) is 13.2 Å². The summed E-state index contributed by atoms with van der Waals surface area (Å²) in [6.45, 7) is 2.44. The van der Waals surface area contributed by atoms with E-state index in [1.54, 1.807) is 13.0 Å². The first kappa shape index (κ1) is 18.1. The fourth-order valence-electron chi connectivity index (χ4n) is 2.69. The summed E-state index contributed by atoms with van der Waals surface area (Å²) in [6, 6.07) is 15.5. The van der Waals surface area contributed by atoms with Gasteiger partial charge in [-0.05, 0) is 42.3 Å². The van der Waals surface area contributed by atoms with Gasteiger partial charge in [0.2, 0.25) is 0 Å². The Kier molecular flexibility index (Phi) is 6.49. The molecule has 0 amide bonds. The number of ether oxygens (including phenoxy) is 1. The molecule has 0 aliphatic heterocycles. The van der Waals surface area contributed by atoms with Crippen molar-refractivity contribution >= 4 is 5.97 Å². The van der Waals surface area contributed by atoms with Crippen molar-refractivity contribution in [3.63, 3.8) is 0 Å². The van der Waals surface area contributed by atoms with E-state index in [0.29, 0.717) is 12.1 Å². The van der Waals surface area contributed by atoms with Crippen LogP contribution in [0.25, 0.3) is 11.1 Å². The van der Waals surface area contributed by atoms with E-state index < -0.39 is 18.2 Å². The van der Waals surface area contributed by atoms with E-state index in [-0.39, 0.29) is 6.61 Å².